The fraction of sp³-hybridized carbons (Fsp3) is 0.211. The van der Waals surface area contributed by atoms with E-state index in [1.54, 1.807) is 36.9 Å². The van der Waals surface area contributed by atoms with Crippen LogP contribution < -0.4 is 10.9 Å². The van der Waals surface area contributed by atoms with Gasteiger partial charge in [0.2, 0.25) is 5.76 Å². The zero-order chi connectivity index (χ0) is 19.6. The average molecular weight is 369 g/mol. The highest BCUT2D eigenvalue weighted by Crippen LogP contribution is 2.15. The van der Waals surface area contributed by atoms with Gasteiger partial charge < -0.3 is 14.5 Å². The van der Waals surface area contributed by atoms with Crippen molar-refractivity contribution in [1.29, 1.82) is 0 Å². The molecule has 0 saturated carbocycles. The van der Waals surface area contributed by atoms with Crippen LogP contribution >= 0.6 is 0 Å². The zero-order valence-electron chi connectivity index (χ0n) is 15.1. The Labute approximate surface area is 154 Å². The molecule has 1 N–H and O–H groups in total. The third-order valence-electron chi connectivity index (χ3n) is 4.18. The molecule has 0 spiro atoms. The molecule has 140 valence electrons. The summed E-state index contributed by atoms with van der Waals surface area (Å²) in [5, 5.41) is 2.56. The van der Waals surface area contributed by atoms with Gasteiger partial charge in [-0.15, -0.1) is 0 Å². The van der Waals surface area contributed by atoms with Crippen molar-refractivity contribution < 1.29 is 18.7 Å². The first-order valence-corrected chi connectivity index (χ1v) is 8.29. The number of carbonyl (C=O) groups excluding carboxylic acids is 2. The molecule has 0 saturated heterocycles. The number of hydrogen-bond acceptors (Lipinski definition) is 5. The highest BCUT2D eigenvalue weighted by atomic mass is 16.6. The van der Waals surface area contributed by atoms with Gasteiger partial charge in [0.1, 0.15) is 5.69 Å². The van der Waals surface area contributed by atoms with E-state index in [9.17, 15) is 14.4 Å². The van der Waals surface area contributed by atoms with Gasteiger partial charge in [-0.3, -0.25) is 14.3 Å². The van der Waals surface area contributed by atoms with Gasteiger partial charge in [0, 0.05) is 7.05 Å². The van der Waals surface area contributed by atoms with E-state index < -0.39 is 18.0 Å². The maximum absolute atomic E-state index is 12.8. The van der Waals surface area contributed by atoms with Gasteiger partial charge in [0.25, 0.3) is 11.5 Å². The van der Waals surface area contributed by atoms with E-state index in [0.29, 0.717) is 11.4 Å². The van der Waals surface area contributed by atoms with Crippen molar-refractivity contribution in [3.63, 3.8) is 0 Å². The van der Waals surface area contributed by atoms with Crippen molar-refractivity contribution in [3.8, 4) is 5.69 Å². The monoisotopic (exact) mass is 369 g/mol. The number of esters is 1. The van der Waals surface area contributed by atoms with E-state index >= 15 is 0 Å². The number of carbonyl (C=O) groups is 2. The summed E-state index contributed by atoms with van der Waals surface area (Å²) in [5.41, 5.74) is 0.999. The number of nitrogens with zero attached hydrogens (tertiary/aromatic N) is 2. The van der Waals surface area contributed by atoms with Crippen LogP contribution in [-0.4, -0.2) is 27.3 Å². The predicted octanol–water partition coefficient (Wildman–Crippen LogP) is 2.26. The van der Waals surface area contributed by atoms with Gasteiger partial charge >= 0.3 is 5.97 Å². The number of anilines is 1. The largest absolute Gasteiger partial charge is 0.457 e. The van der Waals surface area contributed by atoms with Crippen molar-refractivity contribution >= 4 is 17.6 Å². The molecule has 2 heterocycles. The lowest BCUT2D eigenvalue weighted by molar-refractivity contribution is -0.123. The van der Waals surface area contributed by atoms with Gasteiger partial charge in [-0.25, -0.2) is 9.48 Å². The van der Waals surface area contributed by atoms with Crippen molar-refractivity contribution in [3.05, 3.63) is 70.5 Å². The first kappa shape index (κ1) is 18.2. The molecule has 0 bridgehead atoms. The second kappa shape index (κ2) is 7.36. The Bertz CT molecular complexity index is 1020. The Kier molecular flexibility index (Phi) is 4.98. The first-order valence-electron chi connectivity index (χ1n) is 8.29. The molecule has 1 aromatic carbocycles. The minimum absolute atomic E-state index is 0.00280. The summed E-state index contributed by atoms with van der Waals surface area (Å²) in [4.78, 5) is 37.1. The summed E-state index contributed by atoms with van der Waals surface area (Å²) in [7, 11) is 1.72. The van der Waals surface area contributed by atoms with Gasteiger partial charge in [0.05, 0.1) is 17.6 Å². The minimum Gasteiger partial charge on any atom is -0.457 e. The number of nitrogens with one attached hydrogen (secondary N) is 1. The van der Waals surface area contributed by atoms with Gasteiger partial charge in [-0.2, -0.15) is 0 Å². The van der Waals surface area contributed by atoms with Crippen LogP contribution in [0.5, 0.6) is 0 Å². The summed E-state index contributed by atoms with van der Waals surface area (Å²) >= 11 is 0. The number of rotatable bonds is 5. The van der Waals surface area contributed by atoms with E-state index in [2.05, 4.69) is 5.32 Å². The molecule has 0 radical (unpaired) electrons. The maximum atomic E-state index is 12.8. The van der Waals surface area contributed by atoms with E-state index in [-0.39, 0.29) is 17.0 Å². The predicted molar refractivity (Wildman–Crippen MR) is 98.0 cm³/mol. The van der Waals surface area contributed by atoms with Crippen molar-refractivity contribution in [2.24, 2.45) is 7.05 Å². The molecule has 3 rings (SSSR count). The Hall–Kier alpha value is -3.55. The Balaban J connectivity index is 1.80. The van der Waals surface area contributed by atoms with Crippen LogP contribution in [0.25, 0.3) is 5.69 Å². The summed E-state index contributed by atoms with van der Waals surface area (Å²) < 4.78 is 13.1. The molecular formula is C19H19N3O5. The molecule has 8 nitrogen and oxygen atoms in total. The highest BCUT2D eigenvalue weighted by molar-refractivity contribution is 5.96. The summed E-state index contributed by atoms with van der Waals surface area (Å²) in [5.74, 6) is -1.37. The molecule has 8 heteroatoms. The molecule has 0 fully saturated rings. The van der Waals surface area contributed by atoms with E-state index in [1.165, 1.54) is 23.9 Å². The molecule has 0 aliphatic rings. The number of hydrogen-bond donors (Lipinski definition) is 1. The summed E-state index contributed by atoms with van der Waals surface area (Å²) in [6.45, 7) is 3.14. The Morgan fingerprint density at radius 2 is 1.85 bits per heavy atom. The van der Waals surface area contributed by atoms with E-state index in [0.717, 1.165) is 0 Å². The lowest BCUT2D eigenvalue weighted by atomic mass is 10.3. The molecule has 0 aliphatic heterocycles. The van der Waals surface area contributed by atoms with Crippen LogP contribution in [-0.2, 0) is 16.6 Å². The van der Waals surface area contributed by atoms with Crippen molar-refractivity contribution in [1.82, 2.24) is 9.36 Å². The minimum atomic E-state index is -1.10. The molecule has 1 atom stereocenters. The molecular weight excluding hydrogens is 350 g/mol. The highest BCUT2D eigenvalue weighted by Gasteiger charge is 2.24. The number of para-hydroxylation sites is 1. The van der Waals surface area contributed by atoms with Crippen LogP contribution in [0, 0.1) is 6.92 Å². The Morgan fingerprint density at radius 1 is 1.15 bits per heavy atom. The van der Waals surface area contributed by atoms with Gasteiger partial charge in [-0.1, -0.05) is 18.2 Å². The molecule has 3 aromatic rings. The first-order chi connectivity index (χ1) is 12.9. The SMILES string of the molecule is Cc1c(NC(=O)[C@H](C)OC(=O)c2ccco2)c(=O)n(-c2ccccc2)n1C. The fourth-order valence-electron chi connectivity index (χ4n) is 2.60. The normalized spacial score (nSPS) is 11.8. The van der Waals surface area contributed by atoms with Crippen molar-refractivity contribution in [2.45, 2.75) is 20.0 Å². The molecule has 2 aromatic heterocycles. The third-order valence-corrected chi connectivity index (χ3v) is 4.18. The van der Waals surface area contributed by atoms with E-state index in [4.69, 9.17) is 9.15 Å². The average Bonchev–Trinajstić information content (AvgIpc) is 3.26. The zero-order valence-corrected chi connectivity index (χ0v) is 15.1. The lowest BCUT2D eigenvalue weighted by Gasteiger charge is -2.12. The summed E-state index contributed by atoms with van der Waals surface area (Å²) in [6.07, 6.45) is 0.229. The number of furan rings is 1. The molecule has 27 heavy (non-hydrogen) atoms. The number of ether oxygens (including phenoxy) is 1. The molecule has 1 amide bonds. The smallest absolute Gasteiger partial charge is 0.374 e. The topological polar surface area (TPSA) is 95.5 Å². The molecule has 0 aliphatic carbocycles. The number of benzene rings is 1. The van der Waals surface area contributed by atoms with E-state index in [1.807, 2.05) is 18.2 Å². The van der Waals surface area contributed by atoms with Gasteiger partial charge in [0.15, 0.2) is 6.10 Å². The Morgan fingerprint density at radius 3 is 2.48 bits per heavy atom. The van der Waals surface area contributed by atoms with Gasteiger partial charge in [-0.05, 0) is 38.1 Å². The van der Waals surface area contributed by atoms with Crippen LogP contribution in [0.3, 0.4) is 0 Å². The maximum Gasteiger partial charge on any atom is 0.374 e. The fourth-order valence-corrected chi connectivity index (χ4v) is 2.60. The third kappa shape index (κ3) is 3.55. The number of amides is 1. The molecule has 0 unspecified atom stereocenters. The van der Waals surface area contributed by atoms with Crippen LogP contribution in [0.1, 0.15) is 23.2 Å². The quantitative estimate of drug-likeness (QED) is 0.696. The number of aromatic nitrogens is 2. The summed E-state index contributed by atoms with van der Waals surface area (Å²) in [6, 6.07) is 12.0. The lowest BCUT2D eigenvalue weighted by Crippen LogP contribution is -2.32. The van der Waals surface area contributed by atoms with Crippen LogP contribution in [0.4, 0.5) is 5.69 Å². The second-order valence-corrected chi connectivity index (χ2v) is 5.95. The van der Waals surface area contributed by atoms with Crippen LogP contribution in [0.2, 0.25) is 0 Å². The van der Waals surface area contributed by atoms with Crippen LogP contribution in [0.15, 0.2) is 57.9 Å². The second-order valence-electron chi connectivity index (χ2n) is 5.95. The standard InChI is InChI=1S/C19H19N3O5/c1-12-16(18(24)22(21(12)3)14-8-5-4-6-9-14)20-17(23)13(2)27-19(25)15-10-7-11-26-15/h4-11,13H,1-3H3,(H,20,23)/t13-/m0/s1. The van der Waals surface area contributed by atoms with Crippen molar-refractivity contribution in [2.75, 3.05) is 5.32 Å².